The van der Waals surface area contributed by atoms with Gasteiger partial charge in [-0.3, -0.25) is 14.3 Å². The summed E-state index contributed by atoms with van der Waals surface area (Å²) in [5.41, 5.74) is 2.24. The summed E-state index contributed by atoms with van der Waals surface area (Å²) in [6.45, 7) is 2.98. The number of nitrogens with one attached hydrogen (secondary N) is 2. The first-order chi connectivity index (χ1) is 15.4. The largest absolute Gasteiger partial charge is 0.343 e. The summed E-state index contributed by atoms with van der Waals surface area (Å²) < 4.78 is 26.2. The van der Waals surface area contributed by atoms with Crippen molar-refractivity contribution in [3.8, 4) is 0 Å². The summed E-state index contributed by atoms with van der Waals surface area (Å²) in [5.74, 6) is -0.00991. The second kappa shape index (κ2) is 11.1. The number of benzene rings is 2. The van der Waals surface area contributed by atoms with E-state index >= 15 is 0 Å². The molecule has 7 nitrogen and oxygen atoms in total. The van der Waals surface area contributed by atoms with E-state index in [-0.39, 0.29) is 23.5 Å². The number of amides is 2. The van der Waals surface area contributed by atoms with Crippen LogP contribution in [-0.4, -0.2) is 44.0 Å². The van der Waals surface area contributed by atoms with E-state index < -0.39 is 10.0 Å². The first-order valence-electron chi connectivity index (χ1n) is 11.1. The van der Waals surface area contributed by atoms with Gasteiger partial charge < -0.3 is 10.2 Å². The molecule has 8 heteroatoms. The summed E-state index contributed by atoms with van der Waals surface area (Å²) in [6, 6.07) is 16.6. The van der Waals surface area contributed by atoms with Crippen LogP contribution in [0.15, 0.2) is 54.6 Å². The second-order valence-corrected chi connectivity index (χ2v) is 9.97. The van der Waals surface area contributed by atoms with Crippen LogP contribution in [-0.2, 0) is 26.0 Å². The Kier molecular flexibility index (Phi) is 8.27. The Morgan fingerprint density at radius 3 is 2.22 bits per heavy atom. The average molecular weight is 458 g/mol. The highest BCUT2D eigenvalue weighted by atomic mass is 32.2. The third-order valence-corrected chi connectivity index (χ3v) is 7.08. The first-order valence-corrected chi connectivity index (χ1v) is 12.7. The molecule has 0 radical (unpaired) electrons. The number of nitrogens with zero attached hydrogens (tertiary/aromatic N) is 1. The molecule has 2 amide bonds. The minimum absolute atomic E-state index is 0.0684. The second-order valence-electron chi connectivity index (χ2n) is 8.13. The number of anilines is 2. The zero-order valence-corrected chi connectivity index (χ0v) is 19.2. The Morgan fingerprint density at radius 2 is 1.59 bits per heavy atom. The zero-order chi connectivity index (χ0) is 23.0. The van der Waals surface area contributed by atoms with Crippen LogP contribution in [0.2, 0.25) is 0 Å². The molecule has 3 rings (SSSR count). The third kappa shape index (κ3) is 7.09. The van der Waals surface area contributed by atoms with Gasteiger partial charge in [0.1, 0.15) is 0 Å². The minimum Gasteiger partial charge on any atom is -0.343 e. The summed E-state index contributed by atoms with van der Waals surface area (Å²) in [4.78, 5) is 27.0. The summed E-state index contributed by atoms with van der Waals surface area (Å²) in [7, 11) is -3.34. The molecule has 0 atom stereocenters. The van der Waals surface area contributed by atoms with Gasteiger partial charge in [-0.25, -0.2) is 8.42 Å². The number of sulfonamides is 1. The highest BCUT2D eigenvalue weighted by Crippen LogP contribution is 2.21. The molecular formula is C24H31N3O4S. The first kappa shape index (κ1) is 23.8. The number of hydrogen-bond acceptors (Lipinski definition) is 4. The smallest absolute Gasteiger partial charge is 0.232 e. The average Bonchev–Trinajstić information content (AvgIpc) is 2.79. The van der Waals surface area contributed by atoms with Crippen molar-refractivity contribution in [3.63, 3.8) is 0 Å². The summed E-state index contributed by atoms with van der Waals surface area (Å²) >= 11 is 0. The molecule has 172 valence electrons. The lowest BCUT2D eigenvalue weighted by Crippen LogP contribution is -2.41. The van der Waals surface area contributed by atoms with Crippen molar-refractivity contribution in [2.24, 2.45) is 5.92 Å². The van der Waals surface area contributed by atoms with E-state index in [1.807, 2.05) is 42.2 Å². The number of carbonyl (C=O) groups excluding carboxylic acids is 2. The van der Waals surface area contributed by atoms with Gasteiger partial charge in [0, 0.05) is 36.8 Å². The maximum absolute atomic E-state index is 12.6. The fourth-order valence-corrected chi connectivity index (χ4v) is 4.95. The van der Waals surface area contributed by atoms with E-state index in [4.69, 9.17) is 0 Å². The normalized spacial score (nSPS) is 14.7. The van der Waals surface area contributed by atoms with Crippen LogP contribution in [0.25, 0.3) is 0 Å². The lowest BCUT2D eigenvalue weighted by molar-refractivity contribution is -0.134. The molecule has 2 aromatic rings. The van der Waals surface area contributed by atoms with Crippen LogP contribution < -0.4 is 10.0 Å². The van der Waals surface area contributed by atoms with E-state index in [1.165, 1.54) is 0 Å². The summed E-state index contributed by atoms with van der Waals surface area (Å²) in [5, 5.41) is 2.90. The molecule has 1 aliphatic heterocycles. The van der Waals surface area contributed by atoms with Crippen molar-refractivity contribution in [1.82, 2.24) is 4.90 Å². The van der Waals surface area contributed by atoms with Crippen molar-refractivity contribution < 1.29 is 18.0 Å². The number of likely N-dealkylation sites (tertiary alicyclic amines) is 1. The number of rotatable bonds is 9. The van der Waals surface area contributed by atoms with Gasteiger partial charge in [-0.1, -0.05) is 37.3 Å². The monoisotopic (exact) mass is 457 g/mol. The molecule has 0 bridgehead atoms. The minimum atomic E-state index is -3.34. The third-order valence-electron chi connectivity index (χ3n) is 5.59. The predicted molar refractivity (Wildman–Crippen MR) is 127 cm³/mol. The van der Waals surface area contributed by atoms with Gasteiger partial charge in [0.05, 0.1) is 5.75 Å². The van der Waals surface area contributed by atoms with Crippen LogP contribution in [0.4, 0.5) is 11.4 Å². The van der Waals surface area contributed by atoms with Crippen molar-refractivity contribution in [2.75, 3.05) is 28.9 Å². The molecule has 0 spiro atoms. The van der Waals surface area contributed by atoms with Crippen molar-refractivity contribution in [2.45, 2.75) is 39.0 Å². The van der Waals surface area contributed by atoms with E-state index in [9.17, 15) is 18.0 Å². The zero-order valence-electron chi connectivity index (χ0n) is 18.4. The quantitative estimate of drug-likeness (QED) is 0.601. The molecule has 2 aromatic carbocycles. The highest BCUT2D eigenvalue weighted by molar-refractivity contribution is 7.92. The van der Waals surface area contributed by atoms with Gasteiger partial charge in [0.2, 0.25) is 21.8 Å². The number of hydrogen-bond donors (Lipinski definition) is 2. The molecule has 0 saturated carbocycles. The molecule has 1 saturated heterocycles. The van der Waals surface area contributed by atoms with Crippen LogP contribution in [0.3, 0.4) is 0 Å². The Labute approximate surface area is 190 Å². The van der Waals surface area contributed by atoms with E-state index in [0.717, 1.165) is 12.0 Å². The highest BCUT2D eigenvalue weighted by Gasteiger charge is 2.27. The van der Waals surface area contributed by atoms with Crippen LogP contribution in [0, 0.1) is 5.92 Å². The van der Waals surface area contributed by atoms with Gasteiger partial charge in [0.25, 0.3) is 0 Å². The number of aryl methyl sites for hydroxylation is 1. The standard InChI is InChI=1S/C24H31N3O4S/c1-2-18-32(30,31)26-22-11-9-21(10-12-22)25-24(29)20-14-16-27(17-15-20)23(28)13-8-19-6-4-3-5-7-19/h3-7,9-12,20,26H,2,8,13-18H2,1H3,(H,25,29). The van der Waals surface area contributed by atoms with Crippen molar-refractivity contribution >= 4 is 33.2 Å². The fraction of sp³-hybridized carbons (Fsp3) is 0.417. The van der Waals surface area contributed by atoms with Crippen LogP contribution in [0.1, 0.15) is 38.2 Å². The molecule has 2 N–H and O–H groups in total. The van der Waals surface area contributed by atoms with Gasteiger partial charge in [0.15, 0.2) is 0 Å². The lowest BCUT2D eigenvalue weighted by Gasteiger charge is -2.31. The van der Waals surface area contributed by atoms with E-state index in [2.05, 4.69) is 10.0 Å². The van der Waals surface area contributed by atoms with Gasteiger partial charge >= 0.3 is 0 Å². The molecular weight excluding hydrogens is 426 g/mol. The molecule has 32 heavy (non-hydrogen) atoms. The maximum Gasteiger partial charge on any atom is 0.232 e. The van der Waals surface area contributed by atoms with Crippen LogP contribution >= 0.6 is 0 Å². The van der Waals surface area contributed by atoms with E-state index in [0.29, 0.717) is 50.1 Å². The van der Waals surface area contributed by atoms with Crippen LogP contribution in [0.5, 0.6) is 0 Å². The Bertz CT molecular complexity index is 999. The SMILES string of the molecule is CCCS(=O)(=O)Nc1ccc(NC(=O)C2CCN(C(=O)CCc3ccccc3)CC2)cc1. The summed E-state index contributed by atoms with van der Waals surface area (Å²) in [6.07, 6.45) is 3.02. The van der Waals surface area contributed by atoms with Crippen molar-refractivity contribution in [3.05, 3.63) is 60.2 Å². The molecule has 1 aliphatic rings. The van der Waals surface area contributed by atoms with Gasteiger partial charge in [-0.15, -0.1) is 0 Å². The Hall–Kier alpha value is -2.87. The fourth-order valence-electron chi connectivity index (χ4n) is 3.81. The van der Waals surface area contributed by atoms with E-state index in [1.54, 1.807) is 24.3 Å². The molecule has 0 aromatic heterocycles. The predicted octanol–water partition coefficient (Wildman–Crippen LogP) is 3.65. The lowest BCUT2D eigenvalue weighted by atomic mass is 9.95. The maximum atomic E-state index is 12.6. The number of carbonyl (C=O) groups is 2. The molecule has 0 aliphatic carbocycles. The van der Waals surface area contributed by atoms with Gasteiger partial charge in [-0.05, 0) is 55.5 Å². The van der Waals surface area contributed by atoms with Crippen molar-refractivity contribution in [1.29, 1.82) is 0 Å². The topological polar surface area (TPSA) is 95.6 Å². The van der Waals surface area contributed by atoms with Gasteiger partial charge in [-0.2, -0.15) is 0 Å². The Balaban J connectivity index is 1.43. The Morgan fingerprint density at radius 1 is 0.969 bits per heavy atom. The number of piperidine rings is 1. The molecule has 0 unspecified atom stereocenters. The molecule has 1 fully saturated rings. The molecule has 1 heterocycles.